The summed E-state index contributed by atoms with van der Waals surface area (Å²) in [6, 6.07) is 19.3. The van der Waals surface area contributed by atoms with E-state index in [1.54, 1.807) is 59.5 Å². The summed E-state index contributed by atoms with van der Waals surface area (Å²) < 4.78 is 279. The number of benzene rings is 2. The summed E-state index contributed by atoms with van der Waals surface area (Å²) in [5.41, 5.74) is 5.10. The third-order valence-electron chi connectivity index (χ3n) is 8.56. The number of anilines is 2. The van der Waals surface area contributed by atoms with Gasteiger partial charge in [-0.1, -0.05) is 74.7 Å². The topological polar surface area (TPSA) is 77.5 Å². The van der Waals surface area contributed by atoms with Crippen molar-refractivity contribution in [1.29, 1.82) is 0 Å². The minimum atomic E-state index is -6.64. The molecule has 1 unspecified atom stereocenters. The lowest BCUT2D eigenvalue weighted by Crippen LogP contribution is -2.58. The first-order valence-electron chi connectivity index (χ1n) is 20.1. The zero-order valence-electron chi connectivity index (χ0n) is 38.8. The third kappa shape index (κ3) is 32.7. The van der Waals surface area contributed by atoms with Crippen LogP contribution in [-0.4, -0.2) is 103 Å². The van der Waals surface area contributed by atoms with E-state index in [4.69, 9.17) is 0 Å². The van der Waals surface area contributed by atoms with Crippen LogP contribution in [0.5, 0.6) is 0 Å². The predicted octanol–water partition coefficient (Wildman–Crippen LogP) is 16.4. The summed E-state index contributed by atoms with van der Waals surface area (Å²) in [5, 5.41) is 0. The molecule has 1 atom stereocenters. The number of alkyl halides is 20. The van der Waals surface area contributed by atoms with Crippen LogP contribution in [0, 0.1) is 0 Å². The molecular formula is C40H48F24N2O6Si2. The van der Waals surface area contributed by atoms with E-state index in [0.29, 0.717) is 30.9 Å². The standard InChI is InChI=1S/C16H22F3NOSi.C14H20FNOSi.C5H2F10O2.C3H2F6O.C2H2F4O/c1-4-22(2,3)12-8-11-20(14-9-6-5-7-10-14)15(21)13-16(17,18)19;1-4-18(2,3)12-8-11-16(14(15)17)13-9-6-5-7-10-13;6-2(7,8)1-16-5(13,14)3(9,17-15)4(10,11)12;4-2(5,6)1-3(7,8)10-9;3-1-2(4,5)7-6/h4-7,9-10H,1,8,11-13H2,2-3H3;4-7,9-10H,1,8,11-12H2,2-3H3;1H2;1H2;1H2. The van der Waals surface area contributed by atoms with Gasteiger partial charge in [-0.3, -0.25) is 9.69 Å². The van der Waals surface area contributed by atoms with Crippen LogP contribution in [0.2, 0.25) is 38.3 Å². The maximum Gasteiger partial charge on any atom is 0.461 e. The van der Waals surface area contributed by atoms with Gasteiger partial charge in [0.2, 0.25) is 5.91 Å². The van der Waals surface area contributed by atoms with Crippen LogP contribution in [-0.2, 0) is 24.4 Å². The van der Waals surface area contributed by atoms with Crippen molar-refractivity contribution in [3.63, 3.8) is 0 Å². The highest BCUT2D eigenvalue weighted by Gasteiger charge is 2.76. The Morgan fingerprint density at radius 2 is 0.946 bits per heavy atom. The molecule has 430 valence electrons. The van der Waals surface area contributed by atoms with Crippen molar-refractivity contribution < 1.29 is 135 Å². The molecule has 34 heteroatoms. The lowest BCUT2D eigenvalue weighted by molar-refractivity contribution is -0.504. The molecule has 0 saturated heterocycles. The fourth-order valence-electron chi connectivity index (χ4n) is 4.59. The number of carbonyl (C=O) groups excluding carboxylic acids is 2. The van der Waals surface area contributed by atoms with Crippen molar-refractivity contribution in [2.75, 3.05) is 36.2 Å². The Morgan fingerprint density at radius 1 is 0.568 bits per heavy atom. The van der Waals surface area contributed by atoms with Gasteiger partial charge in [0.1, 0.15) is 19.4 Å². The molecule has 0 aliphatic carbocycles. The Kier molecular flexibility index (Phi) is 31.4. The highest BCUT2D eigenvalue weighted by atomic mass is 28.3. The highest BCUT2D eigenvalue weighted by molar-refractivity contribution is 6.82. The Morgan fingerprint density at radius 3 is 1.20 bits per heavy atom. The average Bonchev–Trinajstić information content (AvgIpc) is 3.27. The fraction of sp³-hybridized carbons (Fsp3) is 0.550. The molecule has 0 aliphatic rings. The molecule has 2 aromatic rings. The Hall–Kier alpha value is -4.55. The van der Waals surface area contributed by atoms with E-state index in [1.807, 2.05) is 22.4 Å². The maximum absolute atomic E-state index is 13.0. The van der Waals surface area contributed by atoms with Crippen LogP contribution in [0.3, 0.4) is 0 Å². The lowest BCUT2D eigenvalue weighted by Gasteiger charge is -2.30. The molecule has 0 spiro atoms. The number of rotatable bonds is 21. The van der Waals surface area contributed by atoms with Gasteiger partial charge in [0.25, 0.3) is 0 Å². The molecule has 0 radical (unpaired) electrons. The van der Waals surface area contributed by atoms with Crippen LogP contribution in [0.1, 0.15) is 25.7 Å². The van der Waals surface area contributed by atoms with Crippen molar-refractivity contribution in [2.24, 2.45) is 0 Å². The normalized spacial score (nSPS) is 13.4. The summed E-state index contributed by atoms with van der Waals surface area (Å²) in [7, 11) is -2.90. The van der Waals surface area contributed by atoms with E-state index >= 15 is 0 Å². The molecule has 0 bridgehead atoms. The van der Waals surface area contributed by atoms with Crippen LogP contribution < -0.4 is 9.80 Å². The largest absolute Gasteiger partial charge is 0.461 e. The van der Waals surface area contributed by atoms with Crippen molar-refractivity contribution in [1.82, 2.24) is 0 Å². The van der Waals surface area contributed by atoms with Gasteiger partial charge in [-0.15, -0.1) is 43.8 Å². The van der Waals surface area contributed by atoms with E-state index in [9.17, 15) is 115 Å². The molecule has 2 amide bonds. The third-order valence-corrected chi connectivity index (χ3v) is 14.1. The summed E-state index contributed by atoms with van der Waals surface area (Å²) in [6.07, 6.45) is -40.9. The predicted molar refractivity (Wildman–Crippen MR) is 224 cm³/mol. The van der Waals surface area contributed by atoms with E-state index in [0.717, 1.165) is 18.5 Å². The van der Waals surface area contributed by atoms with Gasteiger partial charge in [0.15, 0.2) is 6.67 Å². The summed E-state index contributed by atoms with van der Waals surface area (Å²) >= 11 is 0. The second-order valence-corrected chi connectivity index (χ2v) is 25.7. The quantitative estimate of drug-likeness (QED) is 0.0536. The van der Waals surface area contributed by atoms with E-state index in [-0.39, 0.29) is 0 Å². The Bertz CT molecular complexity index is 1900. The second-order valence-electron chi connectivity index (χ2n) is 16.0. The summed E-state index contributed by atoms with van der Waals surface area (Å²) in [4.78, 5) is 30.5. The van der Waals surface area contributed by atoms with Crippen molar-refractivity contribution in [3.8, 4) is 0 Å². The number of hydrogen-bond acceptors (Lipinski definition) is 6. The average molecular weight is 1160 g/mol. The maximum atomic E-state index is 13.0. The van der Waals surface area contributed by atoms with Crippen molar-refractivity contribution in [3.05, 3.63) is 85.2 Å². The van der Waals surface area contributed by atoms with Gasteiger partial charge in [0.05, 0.1) is 16.1 Å². The van der Waals surface area contributed by atoms with Crippen molar-refractivity contribution in [2.45, 2.75) is 113 Å². The molecule has 0 N–H and O–H groups in total. The molecular weight excluding hydrogens is 1120 g/mol. The fourth-order valence-corrected chi connectivity index (χ4v) is 7.14. The van der Waals surface area contributed by atoms with Gasteiger partial charge in [-0.2, -0.15) is 83.4 Å². The molecule has 2 rings (SSSR count). The number of carbonyl (C=O) groups is 2. The number of hydrogen-bond donors (Lipinski definition) is 0. The Labute approximate surface area is 408 Å². The number of ether oxygens (including phenoxy) is 1. The molecule has 74 heavy (non-hydrogen) atoms. The first kappa shape index (κ1) is 73.7. The molecule has 2 aromatic carbocycles. The summed E-state index contributed by atoms with van der Waals surface area (Å²) in [6.45, 7) is 12.0. The van der Waals surface area contributed by atoms with E-state index < -0.39 is 103 Å². The number of amides is 2. The minimum Gasteiger partial charge on any atom is -0.312 e. The first-order valence-corrected chi connectivity index (χ1v) is 26.7. The monoisotopic (exact) mass is 1160 g/mol. The zero-order valence-corrected chi connectivity index (χ0v) is 40.8. The van der Waals surface area contributed by atoms with Gasteiger partial charge >= 0.3 is 55.0 Å². The Balaban J connectivity index is -0.000000891. The van der Waals surface area contributed by atoms with Crippen molar-refractivity contribution >= 4 is 39.6 Å². The van der Waals surface area contributed by atoms with Crippen LogP contribution in [0.15, 0.2) is 85.2 Å². The number of para-hydroxylation sites is 2. The van der Waals surface area contributed by atoms with E-state index in [1.165, 1.54) is 14.7 Å². The van der Waals surface area contributed by atoms with E-state index in [2.05, 4.69) is 44.1 Å². The van der Waals surface area contributed by atoms with Gasteiger partial charge in [-0.25, -0.2) is 9.18 Å². The molecule has 0 aliphatic heterocycles. The molecule has 0 heterocycles. The second kappa shape index (κ2) is 31.5. The molecule has 8 nitrogen and oxygen atoms in total. The number of nitrogens with zero attached hydrogens (tertiary/aromatic N) is 2. The molecule has 0 saturated carbocycles. The number of halogens is 24. The smallest absolute Gasteiger partial charge is 0.312 e. The van der Waals surface area contributed by atoms with Gasteiger partial charge in [-0.05, 0) is 50.7 Å². The van der Waals surface area contributed by atoms with Gasteiger partial charge in [0, 0.05) is 24.5 Å². The van der Waals surface area contributed by atoms with Gasteiger partial charge < -0.3 is 9.64 Å². The summed E-state index contributed by atoms with van der Waals surface area (Å²) in [5.74, 6) is -7.23. The zero-order chi connectivity index (χ0) is 58.8. The first-order chi connectivity index (χ1) is 33.3. The lowest BCUT2D eigenvalue weighted by atomic mass is 10.2. The minimum absolute atomic E-state index is 0.295. The molecule has 0 fully saturated rings. The molecule has 0 aromatic heterocycles. The van der Waals surface area contributed by atoms with Crippen LogP contribution in [0.4, 0.5) is 122 Å². The van der Waals surface area contributed by atoms with Crippen LogP contribution >= 0.6 is 0 Å². The van der Waals surface area contributed by atoms with Crippen LogP contribution in [0.25, 0.3) is 0 Å². The SMILES string of the molecule is C=C[Si](C)(C)CCCN(C(=O)CC(F)(F)F)c1ccccc1.C=C[Si](C)(C)CCCN(C(=O)F)c1ccccc1.FCC(F)(F)OF.FOC(F)(C(F)(F)F)C(F)(F)OCC(F)(F)F.FOC(F)(F)CC(F)(F)F. The highest BCUT2D eigenvalue weighted by Crippen LogP contribution is 2.47.